The number of aromatic nitrogens is 3. The van der Waals surface area contributed by atoms with Crippen LogP contribution >= 0.6 is 11.9 Å². The van der Waals surface area contributed by atoms with Gasteiger partial charge in [0.25, 0.3) is 5.56 Å². The largest absolute Gasteiger partial charge is 0.361 e. The lowest BCUT2D eigenvalue weighted by atomic mass is 10.0. The van der Waals surface area contributed by atoms with Crippen LogP contribution in [0.15, 0.2) is 59.5 Å². The molecule has 0 saturated carbocycles. The summed E-state index contributed by atoms with van der Waals surface area (Å²) in [6.07, 6.45) is 1.86. The number of H-pyrrole nitrogens is 1. The van der Waals surface area contributed by atoms with Crippen molar-refractivity contribution >= 4 is 39.5 Å². The summed E-state index contributed by atoms with van der Waals surface area (Å²) in [6, 6.07) is 14.6. The van der Waals surface area contributed by atoms with Gasteiger partial charge in [-0.25, -0.2) is 9.40 Å². The molecule has 0 bridgehead atoms. The van der Waals surface area contributed by atoms with E-state index in [4.69, 9.17) is 0 Å². The lowest BCUT2D eigenvalue weighted by molar-refractivity contribution is -0.117. The fraction of sp³-hybridized carbons (Fsp3) is 0.150. The highest BCUT2D eigenvalue weighted by Crippen LogP contribution is 2.37. The molecule has 0 spiro atoms. The van der Waals surface area contributed by atoms with E-state index in [1.54, 1.807) is 17.4 Å². The van der Waals surface area contributed by atoms with Crippen molar-refractivity contribution in [2.45, 2.75) is 13.0 Å². The maximum absolute atomic E-state index is 13.2. The van der Waals surface area contributed by atoms with Crippen molar-refractivity contribution in [3.63, 3.8) is 0 Å². The first-order chi connectivity index (χ1) is 13.1. The smallest absolute Gasteiger partial charge is 0.280 e. The van der Waals surface area contributed by atoms with Crippen LogP contribution in [-0.2, 0) is 4.79 Å². The van der Waals surface area contributed by atoms with Gasteiger partial charge < -0.3 is 4.98 Å². The number of carbonyl (C=O) groups excluding carboxylic acids is 1. The molecule has 6 nitrogen and oxygen atoms in total. The Labute approximate surface area is 158 Å². The molecule has 1 N–H and O–H groups in total. The van der Waals surface area contributed by atoms with Gasteiger partial charge >= 0.3 is 0 Å². The summed E-state index contributed by atoms with van der Waals surface area (Å²) in [6.45, 7) is 1.80. The van der Waals surface area contributed by atoms with Crippen LogP contribution in [0.5, 0.6) is 0 Å². The lowest BCUT2D eigenvalue weighted by Gasteiger charge is -2.26. The number of nitrogens with zero attached hydrogens (tertiary/aromatic N) is 3. The minimum absolute atomic E-state index is 0.0733. The first kappa shape index (κ1) is 16.1. The number of aromatic amines is 1. The van der Waals surface area contributed by atoms with Gasteiger partial charge in [-0.3, -0.25) is 9.59 Å². The van der Waals surface area contributed by atoms with Crippen LogP contribution in [0.3, 0.4) is 0 Å². The normalized spacial score (nSPS) is 17.3. The van der Waals surface area contributed by atoms with E-state index < -0.39 is 6.04 Å². The predicted molar refractivity (Wildman–Crippen MR) is 107 cm³/mol. The molecule has 1 fully saturated rings. The number of nitrogens with one attached hydrogen (secondary N) is 1. The second-order valence-corrected chi connectivity index (χ2v) is 7.45. The third kappa shape index (κ3) is 2.39. The first-order valence-corrected chi connectivity index (χ1v) is 9.59. The highest BCUT2D eigenvalue weighted by molar-refractivity contribution is 8.01. The summed E-state index contributed by atoms with van der Waals surface area (Å²) >= 11 is 1.35. The van der Waals surface area contributed by atoms with Gasteiger partial charge in [0, 0.05) is 22.7 Å². The molecule has 0 radical (unpaired) electrons. The Hall–Kier alpha value is -3.06. The third-order valence-electron chi connectivity index (χ3n) is 4.89. The first-order valence-electron chi connectivity index (χ1n) is 8.65. The topological polar surface area (TPSA) is 71.0 Å². The van der Waals surface area contributed by atoms with E-state index in [1.807, 2.05) is 48.7 Å². The van der Waals surface area contributed by atoms with Gasteiger partial charge in [0.15, 0.2) is 5.78 Å². The van der Waals surface area contributed by atoms with Crippen LogP contribution in [0.25, 0.3) is 21.8 Å². The summed E-state index contributed by atoms with van der Waals surface area (Å²) in [5, 5.41) is 1.53. The van der Waals surface area contributed by atoms with E-state index in [0.717, 1.165) is 16.5 Å². The van der Waals surface area contributed by atoms with Gasteiger partial charge in [0.1, 0.15) is 11.9 Å². The quantitative estimate of drug-likeness (QED) is 0.545. The number of ketones is 1. The fourth-order valence-corrected chi connectivity index (χ4v) is 4.76. The standard InChI is InChI=1S/C20H16N4O2S/c1-12-22-17-9-5-3-7-14(17)20(26)23(12)24-19(18(25)11-27-24)15-10-21-16-8-4-2-6-13(15)16/h2-10,19,21H,11H2,1H3. The minimum Gasteiger partial charge on any atom is -0.361 e. The van der Waals surface area contributed by atoms with Crippen molar-refractivity contribution in [2.75, 3.05) is 10.2 Å². The number of para-hydroxylation sites is 2. The Bertz CT molecular complexity index is 1260. The van der Waals surface area contributed by atoms with Gasteiger partial charge in [-0.15, -0.1) is 0 Å². The molecule has 2 aromatic heterocycles. The molecule has 0 amide bonds. The van der Waals surface area contributed by atoms with Gasteiger partial charge in [-0.2, -0.15) is 4.68 Å². The molecule has 1 aliphatic rings. The Morgan fingerprint density at radius 2 is 1.81 bits per heavy atom. The van der Waals surface area contributed by atoms with E-state index in [0.29, 0.717) is 22.5 Å². The van der Waals surface area contributed by atoms with Crippen molar-refractivity contribution < 1.29 is 4.79 Å². The number of aryl methyl sites for hydroxylation is 1. The molecule has 134 valence electrons. The van der Waals surface area contributed by atoms with E-state index in [2.05, 4.69) is 9.97 Å². The zero-order chi connectivity index (χ0) is 18.5. The van der Waals surface area contributed by atoms with Crippen LogP contribution < -0.4 is 9.97 Å². The Morgan fingerprint density at radius 1 is 1.07 bits per heavy atom. The monoisotopic (exact) mass is 376 g/mol. The zero-order valence-electron chi connectivity index (χ0n) is 14.5. The summed E-state index contributed by atoms with van der Waals surface area (Å²) in [5.41, 5.74) is 2.35. The van der Waals surface area contributed by atoms with Crippen LogP contribution in [-0.4, -0.2) is 26.2 Å². The highest BCUT2D eigenvalue weighted by atomic mass is 32.2. The number of benzene rings is 2. The van der Waals surface area contributed by atoms with Crippen molar-refractivity contribution in [3.8, 4) is 0 Å². The molecule has 27 heavy (non-hydrogen) atoms. The second kappa shape index (κ2) is 5.99. The number of hydrogen-bond acceptors (Lipinski definition) is 5. The van der Waals surface area contributed by atoms with Gasteiger partial charge in [0.2, 0.25) is 0 Å². The molecular formula is C20H16N4O2S. The van der Waals surface area contributed by atoms with Crippen molar-refractivity contribution in [1.29, 1.82) is 0 Å². The highest BCUT2D eigenvalue weighted by Gasteiger charge is 2.38. The van der Waals surface area contributed by atoms with Crippen molar-refractivity contribution in [1.82, 2.24) is 14.6 Å². The van der Waals surface area contributed by atoms with E-state index in [9.17, 15) is 9.59 Å². The number of fused-ring (bicyclic) bond motifs is 2. The predicted octanol–water partition coefficient (Wildman–Crippen LogP) is 3.10. The van der Waals surface area contributed by atoms with Crippen LogP contribution in [0.2, 0.25) is 0 Å². The Morgan fingerprint density at radius 3 is 2.67 bits per heavy atom. The van der Waals surface area contributed by atoms with Crippen LogP contribution in [0.1, 0.15) is 17.4 Å². The van der Waals surface area contributed by atoms with Crippen molar-refractivity contribution in [3.05, 3.63) is 76.5 Å². The zero-order valence-corrected chi connectivity index (χ0v) is 15.4. The Balaban J connectivity index is 1.72. The number of carbonyl (C=O) groups is 1. The third-order valence-corrected chi connectivity index (χ3v) is 5.95. The van der Waals surface area contributed by atoms with E-state index in [1.165, 1.54) is 16.6 Å². The molecule has 3 heterocycles. The molecule has 7 heteroatoms. The summed E-state index contributed by atoms with van der Waals surface area (Å²) in [5.74, 6) is 0.957. The molecule has 2 aromatic carbocycles. The molecule has 1 aliphatic heterocycles. The lowest BCUT2D eigenvalue weighted by Crippen LogP contribution is -2.40. The van der Waals surface area contributed by atoms with E-state index in [-0.39, 0.29) is 11.3 Å². The van der Waals surface area contributed by atoms with Crippen molar-refractivity contribution in [2.24, 2.45) is 0 Å². The van der Waals surface area contributed by atoms with Gasteiger partial charge in [-0.05, 0) is 37.1 Å². The molecular weight excluding hydrogens is 360 g/mol. The van der Waals surface area contributed by atoms with Gasteiger partial charge in [-0.1, -0.05) is 30.3 Å². The number of hydrogen-bond donors (Lipinski definition) is 1. The summed E-state index contributed by atoms with van der Waals surface area (Å²) in [4.78, 5) is 33.7. The summed E-state index contributed by atoms with van der Waals surface area (Å²) < 4.78 is 3.30. The average molecular weight is 376 g/mol. The SMILES string of the molecule is Cc1nc2ccccc2c(=O)n1N1SCC(=O)C1c1c[nH]c2ccccc12. The summed E-state index contributed by atoms with van der Waals surface area (Å²) in [7, 11) is 0. The fourth-order valence-electron chi connectivity index (χ4n) is 3.66. The van der Waals surface area contributed by atoms with Crippen LogP contribution in [0.4, 0.5) is 0 Å². The second-order valence-electron chi connectivity index (χ2n) is 6.53. The molecule has 4 aromatic rings. The van der Waals surface area contributed by atoms with Crippen LogP contribution in [0, 0.1) is 6.92 Å². The molecule has 1 saturated heterocycles. The molecule has 0 aliphatic carbocycles. The van der Waals surface area contributed by atoms with E-state index >= 15 is 0 Å². The molecule has 5 rings (SSSR count). The Kier molecular flexibility index (Phi) is 3.58. The average Bonchev–Trinajstić information content (AvgIpc) is 3.25. The number of Topliss-reactive ketones (excluding diaryl/α,β-unsaturated/α-hetero) is 1. The molecule has 1 atom stereocenters. The maximum atomic E-state index is 13.2. The maximum Gasteiger partial charge on any atom is 0.280 e. The minimum atomic E-state index is -0.537. The number of rotatable bonds is 2. The van der Waals surface area contributed by atoms with Gasteiger partial charge in [0.05, 0.1) is 16.7 Å². The molecule has 1 unspecified atom stereocenters.